The van der Waals surface area contributed by atoms with Crippen LogP contribution < -0.4 is 5.32 Å². The Kier molecular flexibility index (Phi) is 5.77. The minimum atomic E-state index is 0.0415. The molecule has 0 aliphatic carbocycles. The average Bonchev–Trinajstić information content (AvgIpc) is 2.55. The summed E-state index contributed by atoms with van der Waals surface area (Å²) in [6.07, 6.45) is 3.62. The molecule has 0 spiro atoms. The van der Waals surface area contributed by atoms with Crippen LogP contribution in [0.2, 0.25) is 0 Å². The van der Waals surface area contributed by atoms with E-state index in [0.717, 1.165) is 49.4 Å². The van der Waals surface area contributed by atoms with Gasteiger partial charge in [-0.05, 0) is 49.1 Å². The first-order valence-corrected chi connectivity index (χ1v) is 9.43. The molecular formula is C20H31N3O. The van der Waals surface area contributed by atoms with E-state index in [1.165, 1.54) is 26.1 Å². The molecule has 0 aromatic heterocycles. The largest absolute Gasteiger partial charge is 0.325 e. The Morgan fingerprint density at radius 2 is 1.71 bits per heavy atom. The summed E-state index contributed by atoms with van der Waals surface area (Å²) in [5.41, 5.74) is 0.876. The monoisotopic (exact) mass is 329 g/mol. The lowest BCUT2D eigenvalue weighted by Crippen LogP contribution is -2.46. The zero-order valence-corrected chi connectivity index (χ0v) is 15.1. The maximum absolute atomic E-state index is 12.4. The number of amides is 2. The number of piperidine rings is 2. The Hall–Kier alpha value is -1.55. The van der Waals surface area contributed by atoms with Gasteiger partial charge in [0, 0.05) is 38.4 Å². The van der Waals surface area contributed by atoms with Crippen molar-refractivity contribution >= 4 is 11.7 Å². The quantitative estimate of drug-likeness (QED) is 0.912. The fraction of sp³-hybridized carbons (Fsp3) is 0.650. The van der Waals surface area contributed by atoms with Gasteiger partial charge in [0.05, 0.1) is 0 Å². The molecule has 4 nitrogen and oxygen atoms in total. The number of benzene rings is 1. The highest BCUT2D eigenvalue weighted by Gasteiger charge is 2.27. The number of nitrogens with zero attached hydrogens (tertiary/aromatic N) is 2. The second-order valence-corrected chi connectivity index (χ2v) is 7.89. The molecule has 2 aliphatic rings. The third-order valence-electron chi connectivity index (χ3n) is 5.39. The molecular weight excluding hydrogens is 298 g/mol. The lowest BCUT2D eigenvalue weighted by molar-refractivity contribution is 0.101. The Labute approximate surface area is 146 Å². The zero-order chi connectivity index (χ0) is 16.9. The van der Waals surface area contributed by atoms with E-state index >= 15 is 0 Å². The van der Waals surface area contributed by atoms with Crippen molar-refractivity contribution in [2.24, 2.45) is 17.8 Å². The number of anilines is 1. The molecule has 0 bridgehead atoms. The van der Waals surface area contributed by atoms with Crippen LogP contribution in [-0.2, 0) is 0 Å². The summed E-state index contributed by atoms with van der Waals surface area (Å²) in [5.74, 6) is 2.39. The number of para-hydroxylation sites is 1. The second kappa shape index (κ2) is 8.02. The number of nitrogens with one attached hydrogen (secondary N) is 1. The van der Waals surface area contributed by atoms with Crippen molar-refractivity contribution in [3.05, 3.63) is 30.3 Å². The lowest BCUT2D eigenvalue weighted by atomic mass is 9.89. The van der Waals surface area contributed by atoms with Gasteiger partial charge in [0.15, 0.2) is 0 Å². The molecule has 2 atom stereocenters. The number of carbonyl (C=O) groups is 1. The number of hydrogen-bond donors (Lipinski definition) is 1. The predicted molar refractivity (Wildman–Crippen MR) is 99.1 cm³/mol. The van der Waals surface area contributed by atoms with Crippen LogP contribution >= 0.6 is 0 Å². The van der Waals surface area contributed by atoms with Crippen molar-refractivity contribution in [3.8, 4) is 0 Å². The van der Waals surface area contributed by atoms with Crippen molar-refractivity contribution in [3.63, 3.8) is 0 Å². The molecule has 132 valence electrons. The van der Waals surface area contributed by atoms with Crippen LogP contribution in [0.3, 0.4) is 0 Å². The van der Waals surface area contributed by atoms with Crippen LogP contribution in [0.1, 0.15) is 33.1 Å². The smallest absolute Gasteiger partial charge is 0.321 e. The molecule has 24 heavy (non-hydrogen) atoms. The topological polar surface area (TPSA) is 35.6 Å². The Morgan fingerprint density at radius 3 is 2.33 bits per heavy atom. The van der Waals surface area contributed by atoms with Crippen LogP contribution in [0.5, 0.6) is 0 Å². The fourth-order valence-corrected chi connectivity index (χ4v) is 4.35. The first-order valence-electron chi connectivity index (χ1n) is 9.43. The molecule has 1 N–H and O–H groups in total. The van der Waals surface area contributed by atoms with Crippen molar-refractivity contribution in [1.82, 2.24) is 9.80 Å². The van der Waals surface area contributed by atoms with E-state index in [1.807, 2.05) is 35.2 Å². The van der Waals surface area contributed by atoms with E-state index in [4.69, 9.17) is 0 Å². The van der Waals surface area contributed by atoms with Crippen molar-refractivity contribution < 1.29 is 4.79 Å². The average molecular weight is 329 g/mol. The van der Waals surface area contributed by atoms with Gasteiger partial charge in [-0.15, -0.1) is 0 Å². The summed E-state index contributed by atoms with van der Waals surface area (Å²) in [6.45, 7) is 10.2. The van der Waals surface area contributed by atoms with Gasteiger partial charge in [0.25, 0.3) is 0 Å². The standard InChI is InChI=1S/C20H31N3O/c1-16-12-17(2)14-22(13-16)15-18-8-10-23(11-9-18)20(24)21-19-6-4-3-5-7-19/h3-7,16-18H,8-15H2,1-2H3,(H,21,24). The minimum absolute atomic E-state index is 0.0415. The van der Waals surface area contributed by atoms with Gasteiger partial charge in [-0.3, -0.25) is 0 Å². The van der Waals surface area contributed by atoms with Crippen LogP contribution in [0.15, 0.2) is 30.3 Å². The summed E-state index contributed by atoms with van der Waals surface area (Å²) < 4.78 is 0. The normalized spacial score (nSPS) is 26.3. The van der Waals surface area contributed by atoms with Gasteiger partial charge in [0.1, 0.15) is 0 Å². The molecule has 0 saturated carbocycles. The van der Waals surface area contributed by atoms with Gasteiger partial charge in [0.2, 0.25) is 0 Å². The Balaban J connectivity index is 1.43. The molecule has 1 aromatic rings. The van der Waals surface area contributed by atoms with E-state index in [-0.39, 0.29) is 6.03 Å². The highest BCUT2D eigenvalue weighted by molar-refractivity contribution is 5.89. The highest BCUT2D eigenvalue weighted by atomic mass is 16.2. The summed E-state index contributed by atoms with van der Waals surface area (Å²) in [7, 11) is 0. The summed E-state index contributed by atoms with van der Waals surface area (Å²) in [4.78, 5) is 17.0. The van der Waals surface area contributed by atoms with E-state index in [2.05, 4.69) is 24.1 Å². The molecule has 0 radical (unpaired) electrons. The summed E-state index contributed by atoms with van der Waals surface area (Å²) >= 11 is 0. The van der Waals surface area contributed by atoms with E-state index < -0.39 is 0 Å². The first-order chi connectivity index (χ1) is 11.6. The van der Waals surface area contributed by atoms with Gasteiger partial charge in [-0.1, -0.05) is 32.0 Å². The molecule has 2 heterocycles. The summed E-state index contributed by atoms with van der Waals surface area (Å²) in [5, 5.41) is 3.00. The van der Waals surface area contributed by atoms with Crippen LogP contribution in [-0.4, -0.2) is 48.6 Å². The molecule has 2 amide bonds. The van der Waals surface area contributed by atoms with Crippen molar-refractivity contribution in [1.29, 1.82) is 0 Å². The van der Waals surface area contributed by atoms with Gasteiger partial charge < -0.3 is 15.1 Å². The third kappa shape index (κ3) is 4.73. The number of carbonyl (C=O) groups excluding carboxylic acids is 1. The lowest BCUT2D eigenvalue weighted by Gasteiger charge is -2.39. The Bertz CT molecular complexity index is 515. The van der Waals surface area contributed by atoms with Crippen LogP contribution in [0.4, 0.5) is 10.5 Å². The highest BCUT2D eigenvalue weighted by Crippen LogP contribution is 2.25. The van der Waals surface area contributed by atoms with Gasteiger partial charge in [-0.25, -0.2) is 4.79 Å². The summed E-state index contributed by atoms with van der Waals surface area (Å²) in [6, 6.07) is 9.76. The number of hydrogen-bond acceptors (Lipinski definition) is 2. The number of rotatable bonds is 3. The van der Waals surface area contributed by atoms with E-state index in [1.54, 1.807) is 0 Å². The van der Waals surface area contributed by atoms with Crippen molar-refractivity contribution in [2.45, 2.75) is 33.1 Å². The number of likely N-dealkylation sites (tertiary alicyclic amines) is 2. The number of urea groups is 1. The maximum Gasteiger partial charge on any atom is 0.321 e. The van der Waals surface area contributed by atoms with Crippen LogP contribution in [0.25, 0.3) is 0 Å². The molecule has 4 heteroatoms. The van der Waals surface area contributed by atoms with E-state index in [9.17, 15) is 4.79 Å². The molecule has 2 saturated heterocycles. The minimum Gasteiger partial charge on any atom is -0.325 e. The third-order valence-corrected chi connectivity index (χ3v) is 5.39. The molecule has 2 fully saturated rings. The van der Waals surface area contributed by atoms with Gasteiger partial charge >= 0.3 is 6.03 Å². The molecule has 3 rings (SSSR count). The Morgan fingerprint density at radius 1 is 1.08 bits per heavy atom. The SMILES string of the molecule is CC1CC(C)CN(CC2CCN(C(=O)Nc3ccccc3)CC2)C1. The fourth-order valence-electron chi connectivity index (χ4n) is 4.35. The molecule has 2 aliphatic heterocycles. The van der Waals surface area contributed by atoms with E-state index in [0.29, 0.717) is 0 Å². The molecule has 2 unspecified atom stereocenters. The zero-order valence-electron chi connectivity index (χ0n) is 15.1. The molecule has 1 aromatic carbocycles. The maximum atomic E-state index is 12.4. The first kappa shape index (κ1) is 17.3. The van der Waals surface area contributed by atoms with Crippen molar-refractivity contribution in [2.75, 3.05) is 38.0 Å². The van der Waals surface area contributed by atoms with Crippen LogP contribution in [0, 0.1) is 17.8 Å². The van der Waals surface area contributed by atoms with Gasteiger partial charge in [-0.2, -0.15) is 0 Å². The predicted octanol–water partition coefficient (Wildman–Crippen LogP) is 3.91. The second-order valence-electron chi connectivity index (χ2n) is 7.89.